The van der Waals surface area contributed by atoms with Crippen molar-refractivity contribution in [1.82, 2.24) is 0 Å². The molecule has 8 heteroatoms. The highest BCUT2D eigenvalue weighted by atomic mass is 35.5. The fourth-order valence-corrected chi connectivity index (χ4v) is 8.63. The lowest BCUT2D eigenvalue weighted by atomic mass is 9.59. The molecule has 2 amide bonds. The van der Waals surface area contributed by atoms with Crippen LogP contribution >= 0.6 is 11.6 Å². The zero-order chi connectivity index (χ0) is 33.4. The van der Waals surface area contributed by atoms with Gasteiger partial charge in [0, 0.05) is 0 Å². The fourth-order valence-electron chi connectivity index (χ4n) is 8.43. The molecule has 0 spiro atoms. The third kappa shape index (κ3) is 3.82. The number of halogens is 4. The van der Waals surface area contributed by atoms with Crippen LogP contribution in [0.2, 0.25) is 5.02 Å². The number of hydrogen-bond donors (Lipinski definition) is 0. The maximum absolute atomic E-state index is 15.8. The molecule has 4 atom stereocenters. The maximum atomic E-state index is 15.8. The Morgan fingerprint density at radius 3 is 1.35 bits per heavy atom. The van der Waals surface area contributed by atoms with Crippen molar-refractivity contribution in [3.8, 4) is 0 Å². The highest BCUT2D eigenvalue weighted by Crippen LogP contribution is 2.74. The summed E-state index contributed by atoms with van der Waals surface area (Å²) in [5, 5.41) is -0.189. The molecule has 0 unspecified atom stereocenters. The van der Waals surface area contributed by atoms with Crippen molar-refractivity contribution in [1.29, 1.82) is 0 Å². The van der Waals surface area contributed by atoms with Crippen LogP contribution < -0.4 is 4.90 Å². The molecule has 0 aromatic heterocycles. The van der Waals surface area contributed by atoms with Crippen molar-refractivity contribution >= 4 is 46.0 Å². The van der Waals surface area contributed by atoms with Crippen molar-refractivity contribution < 1.29 is 27.6 Å². The molecular weight excluding hydrogens is 635 g/mol. The number of carbonyl (C=O) groups is 3. The molecule has 0 radical (unpaired) electrons. The molecule has 2 fully saturated rings. The van der Waals surface area contributed by atoms with E-state index in [0.717, 1.165) is 23.1 Å². The van der Waals surface area contributed by atoms with Crippen LogP contribution in [-0.4, -0.2) is 17.6 Å². The normalized spacial score (nSPS) is 24.8. The Morgan fingerprint density at radius 2 is 0.958 bits per heavy atom. The second kappa shape index (κ2) is 10.6. The van der Waals surface area contributed by atoms with Gasteiger partial charge in [0.15, 0.2) is 5.78 Å². The number of anilines is 1. The fraction of sp³-hybridized carbons (Fsp3) is 0.125. The predicted molar refractivity (Wildman–Crippen MR) is 177 cm³/mol. The van der Waals surface area contributed by atoms with Gasteiger partial charge in [-0.15, -0.1) is 0 Å². The second-order valence-corrected chi connectivity index (χ2v) is 12.7. The van der Waals surface area contributed by atoms with Crippen LogP contribution in [0.5, 0.6) is 0 Å². The number of fused-ring (bicyclic) bond motifs is 5. The number of carbonyl (C=O) groups excluding carboxylic acids is 3. The number of imide groups is 1. The minimum atomic E-state index is -4.75. The van der Waals surface area contributed by atoms with Crippen molar-refractivity contribution in [3.63, 3.8) is 0 Å². The summed E-state index contributed by atoms with van der Waals surface area (Å²) in [5.41, 5.74) is -1.16. The monoisotopic (exact) mass is 659 g/mol. The first-order chi connectivity index (χ1) is 23.1. The molecule has 1 aliphatic heterocycles. The van der Waals surface area contributed by atoms with Crippen molar-refractivity contribution in [3.05, 3.63) is 172 Å². The summed E-state index contributed by atoms with van der Waals surface area (Å²) >= 11 is 6.49. The van der Waals surface area contributed by atoms with E-state index in [1.54, 1.807) is 60.7 Å². The highest BCUT2D eigenvalue weighted by Gasteiger charge is 2.82. The van der Waals surface area contributed by atoms with Gasteiger partial charge in [-0.2, -0.15) is 13.2 Å². The van der Waals surface area contributed by atoms with Crippen LogP contribution in [0.15, 0.2) is 140 Å². The highest BCUT2D eigenvalue weighted by molar-refractivity contribution is 6.41. The van der Waals surface area contributed by atoms with Crippen molar-refractivity contribution in [2.75, 3.05) is 4.90 Å². The molecule has 5 aromatic rings. The Hall–Kier alpha value is -5.27. The van der Waals surface area contributed by atoms with Gasteiger partial charge in [0.25, 0.3) is 0 Å². The molecule has 1 saturated heterocycles. The van der Waals surface area contributed by atoms with Crippen LogP contribution in [0.1, 0.15) is 27.8 Å². The van der Waals surface area contributed by atoms with E-state index in [4.69, 9.17) is 11.6 Å². The van der Waals surface area contributed by atoms with E-state index < -0.39 is 46.2 Å². The minimum absolute atomic E-state index is 0.189. The number of alkyl halides is 3. The summed E-state index contributed by atoms with van der Waals surface area (Å²) in [4.78, 5) is 46.6. The molecule has 1 saturated carbocycles. The molecule has 48 heavy (non-hydrogen) atoms. The molecule has 2 bridgehead atoms. The van der Waals surface area contributed by atoms with E-state index in [-0.39, 0.29) is 16.5 Å². The first-order valence-electron chi connectivity index (χ1n) is 15.4. The van der Waals surface area contributed by atoms with Gasteiger partial charge < -0.3 is 0 Å². The lowest BCUT2D eigenvalue weighted by Crippen LogP contribution is -2.45. The number of amides is 2. The summed E-state index contributed by atoms with van der Waals surface area (Å²) in [6, 6.07) is 39.1. The summed E-state index contributed by atoms with van der Waals surface area (Å²) in [6.45, 7) is 0. The van der Waals surface area contributed by atoms with E-state index in [9.17, 15) is 13.2 Å². The number of rotatable bonds is 5. The molecule has 8 rings (SSSR count). The van der Waals surface area contributed by atoms with Gasteiger partial charge in [0.2, 0.25) is 11.8 Å². The number of benzene rings is 5. The van der Waals surface area contributed by atoms with Crippen LogP contribution in [0.4, 0.5) is 18.9 Å². The van der Waals surface area contributed by atoms with E-state index in [1.807, 2.05) is 60.7 Å². The van der Waals surface area contributed by atoms with Gasteiger partial charge in [0.1, 0.15) is 0 Å². The topological polar surface area (TPSA) is 54.5 Å². The summed E-state index contributed by atoms with van der Waals surface area (Å²) in [6.07, 6.45) is -4.75. The van der Waals surface area contributed by atoms with Gasteiger partial charge >= 0.3 is 6.18 Å². The average Bonchev–Trinajstić information content (AvgIpc) is 3.61. The van der Waals surface area contributed by atoms with Gasteiger partial charge in [-0.05, 0) is 51.6 Å². The van der Waals surface area contributed by atoms with E-state index >= 15 is 14.4 Å². The lowest BCUT2D eigenvalue weighted by molar-refractivity contribution is -0.137. The van der Waals surface area contributed by atoms with Crippen molar-refractivity contribution in [2.45, 2.75) is 17.0 Å². The van der Waals surface area contributed by atoms with Gasteiger partial charge in [-0.25, -0.2) is 4.90 Å². The molecule has 4 nitrogen and oxygen atoms in total. The SMILES string of the molecule is O=C1[C@@H]2[C@@H](C(=O)N1c1cc(C(F)(F)F)ccc1Cl)[C@@]1(c3ccccc3)C(=O)[C@@]2(c2ccccc2)C(c2ccccc2)=C1c1ccccc1. The molecular formula is C40H25ClF3NO3. The zero-order valence-corrected chi connectivity index (χ0v) is 25.9. The number of ketones is 1. The van der Waals surface area contributed by atoms with E-state index in [1.165, 1.54) is 0 Å². The predicted octanol–water partition coefficient (Wildman–Crippen LogP) is 8.55. The Labute approximate surface area is 279 Å². The van der Waals surface area contributed by atoms with Crippen molar-refractivity contribution in [2.24, 2.45) is 11.8 Å². The minimum Gasteiger partial charge on any atom is -0.297 e. The quantitative estimate of drug-likeness (QED) is 0.178. The summed E-state index contributed by atoms with van der Waals surface area (Å²) in [5.74, 6) is -4.44. The maximum Gasteiger partial charge on any atom is 0.416 e. The molecule has 1 heterocycles. The van der Waals surface area contributed by atoms with E-state index in [0.29, 0.717) is 33.4 Å². The van der Waals surface area contributed by atoms with Crippen LogP contribution in [0, 0.1) is 11.8 Å². The second-order valence-electron chi connectivity index (χ2n) is 12.3. The molecule has 236 valence electrons. The van der Waals surface area contributed by atoms with Gasteiger partial charge in [-0.3, -0.25) is 14.4 Å². The van der Waals surface area contributed by atoms with Crippen LogP contribution in [-0.2, 0) is 31.4 Å². The molecule has 5 aromatic carbocycles. The number of hydrogen-bond acceptors (Lipinski definition) is 3. The Morgan fingerprint density at radius 1 is 0.562 bits per heavy atom. The molecule has 2 aliphatic carbocycles. The zero-order valence-electron chi connectivity index (χ0n) is 25.1. The third-order valence-electron chi connectivity index (χ3n) is 10.1. The lowest BCUT2D eigenvalue weighted by Gasteiger charge is -2.39. The standard InChI is InChI=1S/C40H25ClF3NO3/c41-29-22-21-28(40(42,43)44)23-30(29)45-35(46)33-34(36(45)47)39(27-19-11-4-12-20-27)32(25-15-7-2-8-16-25)31(24-13-5-1-6-14-24)38(33,37(39)48)26-17-9-3-10-18-26/h1-23,33-34H/t33-,34-,38-,39-/m0/s1. The molecule has 3 aliphatic rings. The smallest absolute Gasteiger partial charge is 0.297 e. The summed E-state index contributed by atoms with van der Waals surface area (Å²) < 4.78 is 41.9. The van der Waals surface area contributed by atoms with Gasteiger partial charge in [-0.1, -0.05) is 133 Å². The van der Waals surface area contributed by atoms with E-state index in [2.05, 4.69) is 0 Å². The summed E-state index contributed by atoms with van der Waals surface area (Å²) in [7, 11) is 0. The third-order valence-corrected chi connectivity index (χ3v) is 10.4. The van der Waals surface area contributed by atoms with Crippen LogP contribution in [0.25, 0.3) is 11.1 Å². The largest absolute Gasteiger partial charge is 0.416 e. The van der Waals surface area contributed by atoms with Crippen LogP contribution in [0.3, 0.4) is 0 Å². The Bertz CT molecular complexity index is 2030. The number of Topliss-reactive ketones (excluding diaryl/α,β-unsaturated/α-hetero) is 1. The Kier molecular flexibility index (Phi) is 6.66. The van der Waals surface area contributed by atoms with Gasteiger partial charge in [0.05, 0.1) is 38.9 Å². The number of nitrogens with zero attached hydrogens (tertiary/aromatic N) is 1. The Balaban J connectivity index is 1.53. The first-order valence-corrected chi connectivity index (χ1v) is 15.8. The average molecular weight is 660 g/mol. The molecule has 0 N–H and O–H groups in total. The first kappa shape index (κ1) is 30.1. The number of allylic oxidation sites excluding steroid dienone is 2.